The fourth-order valence-electron chi connectivity index (χ4n) is 2.56. The minimum Gasteiger partial charge on any atom is -0.466 e. The van der Waals surface area contributed by atoms with E-state index in [0.29, 0.717) is 5.56 Å². The maximum atomic E-state index is 15.6. The highest BCUT2D eigenvalue weighted by atomic mass is 19.1. The largest absolute Gasteiger partial charge is 0.466 e. The first-order valence-corrected chi connectivity index (χ1v) is 7.88. The number of carbonyl (C=O) groups is 2. The number of benzene rings is 2. The molecule has 0 aliphatic rings. The molecule has 2 rings (SSSR count). The zero-order valence-electron chi connectivity index (χ0n) is 14.6. The van der Waals surface area contributed by atoms with Crippen molar-refractivity contribution < 1.29 is 32.2 Å². The van der Waals surface area contributed by atoms with Crippen molar-refractivity contribution in [2.75, 3.05) is 14.2 Å². The fourth-order valence-corrected chi connectivity index (χ4v) is 2.56. The van der Waals surface area contributed by atoms with Gasteiger partial charge in [0.1, 0.15) is 11.6 Å². The highest BCUT2D eigenvalue weighted by Gasteiger charge is 2.55. The number of hydrogen-bond acceptors (Lipinski definition) is 4. The second-order valence-corrected chi connectivity index (χ2v) is 5.63. The van der Waals surface area contributed by atoms with Crippen LogP contribution in [0.25, 0.3) is 6.08 Å². The standard InChI is InChI=1S/C20H17F3O4/c1-26-18(24)20(23,19(25)27-2)17(14-6-10-16(22)11-7-14)12-5-13-3-8-15(21)9-4-13/h3-12,17H,1-2H3/b12-5+. The van der Waals surface area contributed by atoms with Crippen LogP contribution in [0.15, 0.2) is 54.6 Å². The van der Waals surface area contributed by atoms with E-state index in [1.165, 1.54) is 48.6 Å². The third-order valence-corrected chi connectivity index (χ3v) is 3.97. The van der Waals surface area contributed by atoms with Crippen molar-refractivity contribution in [1.29, 1.82) is 0 Å². The first kappa shape index (κ1) is 20.2. The molecular formula is C20H17F3O4. The summed E-state index contributed by atoms with van der Waals surface area (Å²) in [5.41, 5.74) is -2.55. The van der Waals surface area contributed by atoms with Gasteiger partial charge >= 0.3 is 17.6 Å². The van der Waals surface area contributed by atoms with E-state index >= 15 is 4.39 Å². The Kier molecular flexibility index (Phi) is 6.39. The van der Waals surface area contributed by atoms with Gasteiger partial charge in [0.2, 0.25) is 0 Å². The zero-order valence-corrected chi connectivity index (χ0v) is 14.6. The van der Waals surface area contributed by atoms with E-state index in [-0.39, 0.29) is 5.56 Å². The Morgan fingerprint density at radius 1 is 0.889 bits per heavy atom. The molecule has 7 heteroatoms. The monoisotopic (exact) mass is 378 g/mol. The van der Waals surface area contributed by atoms with Crippen molar-refractivity contribution in [1.82, 2.24) is 0 Å². The highest BCUT2D eigenvalue weighted by Crippen LogP contribution is 2.36. The Morgan fingerprint density at radius 3 is 1.78 bits per heavy atom. The first-order chi connectivity index (χ1) is 12.8. The van der Waals surface area contributed by atoms with Crippen molar-refractivity contribution in [2.24, 2.45) is 0 Å². The lowest BCUT2D eigenvalue weighted by Crippen LogP contribution is -2.48. The molecule has 2 aromatic rings. The van der Waals surface area contributed by atoms with Gasteiger partial charge in [0.05, 0.1) is 20.1 Å². The number of allylic oxidation sites excluding steroid dienone is 1. The van der Waals surface area contributed by atoms with Crippen molar-refractivity contribution in [2.45, 2.75) is 11.6 Å². The van der Waals surface area contributed by atoms with Crippen LogP contribution in [0, 0.1) is 11.6 Å². The van der Waals surface area contributed by atoms with Gasteiger partial charge in [0.25, 0.3) is 0 Å². The number of rotatable bonds is 6. The lowest BCUT2D eigenvalue weighted by molar-refractivity contribution is -0.172. The van der Waals surface area contributed by atoms with E-state index in [9.17, 15) is 18.4 Å². The maximum Gasteiger partial charge on any atom is 0.356 e. The summed E-state index contributed by atoms with van der Waals surface area (Å²) in [4.78, 5) is 24.2. The van der Waals surface area contributed by atoms with Gasteiger partial charge in [-0.05, 0) is 35.4 Å². The van der Waals surface area contributed by atoms with E-state index in [2.05, 4.69) is 9.47 Å². The van der Waals surface area contributed by atoms with Crippen LogP contribution in [-0.2, 0) is 19.1 Å². The molecule has 0 fully saturated rings. The minimum atomic E-state index is -3.20. The molecular weight excluding hydrogens is 361 g/mol. The summed E-state index contributed by atoms with van der Waals surface area (Å²) < 4.78 is 50.9. The summed E-state index contributed by atoms with van der Waals surface area (Å²) in [5.74, 6) is -5.39. The Morgan fingerprint density at radius 2 is 1.33 bits per heavy atom. The summed E-state index contributed by atoms with van der Waals surface area (Å²) in [6.45, 7) is 0. The van der Waals surface area contributed by atoms with Crippen LogP contribution < -0.4 is 0 Å². The van der Waals surface area contributed by atoms with Gasteiger partial charge in [0.15, 0.2) is 0 Å². The van der Waals surface area contributed by atoms with Crippen LogP contribution in [0.4, 0.5) is 13.2 Å². The van der Waals surface area contributed by atoms with Gasteiger partial charge in [-0.2, -0.15) is 0 Å². The Labute approximate surface area is 154 Å². The van der Waals surface area contributed by atoms with Crippen LogP contribution in [0.3, 0.4) is 0 Å². The molecule has 0 N–H and O–H groups in total. The van der Waals surface area contributed by atoms with E-state index in [4.69, 9.17) is 0 Å². The average molecular weight is 378 g/mol. The number of halogens is 3. The van der Waals surface area contributed by atoms with Gasteiger partial charge in [-0.3, -0.25) is 0 Å². The average Bonchev–Trinajstić information content (AvgIpc) is 2.69. The van der Waals surface area contributed by atoms with Crippen LogP contribution >= 0.6 is 0 Å². The Balaban J connectivity index is 2.56. The van der Waals surface area contributed by atoms with Crippen LogP contribution in [0.1, 0.15) is 17.0 Å². The number of methoxy groups -OCH3 is 2. The quantitative estimate of drug-likeness (QED) is 0.567. The summed E-state index contributed by atoms with van der Waals surface area (Å²) in [6, 6.07) is 9.91. The molecule has 0 radical (unpaired) electrons. The molecule has 0 bridgehead atoms. The van der Waals surface area contributed by atoms with E-state index in [0.717, 1.165) is 26.4 Å². The fraction of sp³-hybridized carbons (Fsp3) is 0.200. The number of hydrogen-bond donors (Lipinski definition) is 0. The van der Waals surface area contributed by atoms with Crippen molar-refractivity contribution >= 4 is 18.0 Å². The number of carbonyl (C=O) groups excluding carboxylic acids is 2. The molecule has 2 aromatic carbocycles. The van der Waals surface area contributed by atoms with Gasteiger partial charge in [-0.25, -0.2) is 22.8 Å². The third-order valence-electron chi connectivity index (χ3n) is 3.97. The predicted octanol–water partition coefficient (Wildman–Crippen LogP) is 3.82. The molecule has 4 nitrogen and oxygen atoms in total. The van der Waals surface area contributed by atoms with E-state index in [1.807, 2.05) is 0 Å². The normalized spacial score (nSPS) is 12.6. The molecule has 0 aliphatic carbocycles. The summed E-state index contributed by atoms with van der Waals surface area (Å²) in [7, 11) is 1.87. The lowest BCUT2D eigenvalue weighted by atomic mass is 9.82. The zero-order chi connectivity index (χ0) is 20.0. The third kappa shape index (κ3) is 4.36. The number of ether oxygens (including phenoxy) is 2. The summed E-state index contributed by atoms with van der Waals surface area (Å²) >= 11 is 0. The highest BCUT2D eigenvalue weighted by molar-refractivity contribution is 6.05. The molecule has 0 aliphatic heterocycles. The Bertz CT molecular complexity index is 813. The molecule has 27 heavy (non-hydrogen) atoms. The first-order valence-electron chi connectivity index (χ1n) is 7.88. The SMILES string of the molecule is COC(=O)C(F)(C(=O)OC)C(/C=C/c1ccc(F)cc1)c1ccc(F)cc1. The van der Waals surface area contributed by atoms with Gasteiger partial charge in [0, 0.05) is 0 Å². The number of esters is 2. The lowest BCUT2D eigenvalue weighted by Gasteiger charge is -2.27. The topological polar surface area (TPSA) is 52.6 Å². The smallest absolute Gasteiger partial charge is 0.356 e. The van der Waals surface area contributed by atoms with Crippen LogP contribution in [0.2, 0.25) is 0 Å². The molecule has 0 aromatic heterocycles. The second-order valence-electron chi connectivity index (χ2n) is 5.63. The predicted molar refractivity (Wildman–Crippen MR) is 92.4 cm³/mol. The maximum absolute atomic E-state index is 15.6. The van der Waals surface area contributed by atoms with Crippen LogP contribution in [0.5, 0.6) is 0 Å². The molecule has 0 saturated carbocycles. The molecule has 1 unspecified atom stereocenters. The number of alkyl halides is 1. The minimum absolute atomic E-state index is 0.146. The van der Waals surface area contributed by atoms with E-state index in [1.54, 1.807) is 0 Å². The molecule has 0 spiro atoms. The molecule has 1 atom stereocenters. The van der Waals surface area contributed by atoms with Crippen molar-refractivity contribution in [3.05, 3.63) is 77.4 Å². The molecule has 0 saturated heterocycles. The summed E-state index contributed by atoms with van der Waals surface area (Å²) in [5, 5.41) is 0. The Hall–Kier alpha value is -3.09. The molecule has 142 valence electrons. The van der Waals surface area contributed by atoms with Gasteiger partial charge in [-0.1, -0.05) is 36.4 Å². The van der Waals surface area contributed by atoms with Crippen molar-refractivity contribution in [3.8, 4) is 0 Å². The summed E-state index contributed by atoms with van der Waals surface area (Å²) in [6.07, 6.45) is 2.65. The van der Waals surface area contributed by atoms with Gasteiger partial charge < -0.3 is 9.47 Å². The van der Waals surface area contributed by atoms with Crippen LogP contribution in [-0.4, -0.2) is 31.8 Å². The van der Waals surface area contributed by atoms with Crippen molar-refractivity contribution in [3.63, 3.8) is 0 Å². The van der Waals surface area contributed by atoms with E-state index < -0.39 is 35.2 Å². The molecule has 0 heterocycles. The van der Waals surface area contributed by atoms with Gasteiger partial charge in [-0.15, -0.1) is 0 Å². The molecule has 0 amide bonds. The second kappa shape index (κ2) is 8.53.